The molecular formula is C13H20F2N2. The standard InChI is InChI=1S/C13H20F2N2/c1-4-16-12(9-17(2)3)8-10-7-11(14)5-6-13(10)15/h5-7,12,16H,4,8-9H2,1-3H3. The van der Waals surface area contributed by atoms with Crippen molar-refractivity contribution in [2.75, 3.05) is 27.2 Å². The third-order valence-electron chi connectivity index (χ3n) is 2.55. The second-order valence-corrected chi connectivity index (χ2v) is 4.46. The first kappa shape index (κ1) is 14.1. The molecular weight excluding hydrogens is 222 g/mol. The Labute approximate surface area is 102 Å². The van der Waals surface area contributed by atoms with E-state index in [2.05, 4.69) is 5.32 Å². The molecule has 0 fully saturated rings. The zero-order valence-corrected chi connectivity index (χ0v) is 10.6. The number of nitrogens with zero attached hydrogens (tertiary/aromatic N) is 1. The molecule has 96 valence electrons. The molecule has 0 radical (unpaired) electrons. The monoisotopic (exact) mass is 242 g/mol. The Bertz CT molecular complexity index is 353. The van der Waals surface area contributed by atoms with Gasteiger partial charge in [0.05, 0.1) is 0 Å². The summed E-state index contributed by atoms with van der Waals surface area (Å²) >= 11 is 0. The quantitative estimate of drug-likeness (QED) is 0.821. The van der Waals surface area contributed by atoms with Crippen molar-refractivity contribution in [1.82, 2.24) is 10.2 Å². The van der Waals surface area contributed by atoms with Crippen molar-refractivity contribution < 1.29 is 8.78 Å². The van der Waals surface area contributed by atoms with E-state index in [1.165, 1.54) is 12.1 Å². The molecule has 0 aliphatic heterocycles. The first-order valence-corrected chi connectivity index (χ1v) is 5.85. The molecule has 0 aliphatic carbocycles. The minimum Gasteiger partial charge on any atom is -0.313 e. The second-order valence-electron chi connectivity index (χ2n) is 4.46. The lowest BCUT2D eigenvalue weighted by molar-refractivity contribution is 0.337. The fourth-order valence-electron chi connectivity index (χ4n) is 1.90. The summed E-state index contributed by atoms with van der Waals surface area (Å²) in [6.07, 6.45) is 0.496. The Balaban J connectivity index is 2.74. The summed E-state index contributed by atoms with van der Waals surface area (Å²) in [6.45, 7) is 3.61. The zero-order chi connectivity index (χ0) is 12.8. The molecule has 1 aromatic rings. The zero-order valence-electron chi connectivity index (χ0n) is 10.6. The molecule has 1 N–H and O–H groups in total. The number of nitrogens with one attached hydrogen (secondary N) is 1. The number of hydrogen-bond donors (Lipinski definition) is 1. The average Bonchev–Trinajstić information content (AvgIpc) is 2.23. The molecule has 0 saturated heterocycles. The number of likely N-dealkylation sites (N-methyl/N-ethyl adjacent to an activating group) is 2. The lowest BCUT2D eigenvalue weighted by Crippen LogP contribution is -2.39. The van der Waals surface area contributed by atoms with E-state index < -0.39 is 0 Å². The Morgan fingerprint density at radius 2 is 2.00 bits per heavy atom. The summed E-state index contributed by atoms with van der Waals surface area (Å²) < 4.78 is 26.5. The van der Waals surface area contributed by atoms with Gasteiger partial charge in [0.1, 0.15) is 11.6 Å². The van der Waals surface area contributed by atoms with Gasteiger partial charge in [0.15, 0.2) is 0 Å². The van der Waals surface area contributed by atoms with E-state index in [4.69, 9.17) is 0 Å². The van der Waals surface area contributed by atoms with Crippen LogP contribution in [0.5, 0.6) is 0 Å². The third-order valence-corrected chi connectivity index (χ3v) is 2.55. The predicted molar refractivity (Wildman–Crippen MR) is 66.1 cm³/mol. The highest BCUT2D eigenvalue weighted by molar-refractivity contribution is 5.19. The highest BCUT2D eigenvalue weighted by atomic mass is 19.1. The predicted octanol–water partition coefficient (Wildman–Crippen LogP) is 2.05. The molecule has 1 rings (SSSR count). The van der Waals surface area contributed by atoms with E-state index in [0.717, 1.165) is 19.2 Å². The van der Waals surface area contributed by atoms with E-state index in [9.17, 15) is 8.78 Å². The van der Waals surface area contributed by atoms with Crippen LogP contribution in [0.15, 0.2) is 18.2 Å². The van der Waals surface area contributed by atoms with Crippen LogP contribution in [-0.2, 0) is 6.42 Å². The van der Waals surface area contributed by atoms with Crippen LogP contribution in [0.1, 0.15) is 12.5 Å². The maximum Gasteiger partial charge on any atom is 0.126 e. The lowest BCUT2D eigenvalue weighted by atomic mass is 10.0. The van der Waals surface area contributed by atoms with Crippen molar-refractivity contribution in [1.29, 1.82) is 0 Å². The SMILES string of the molecule is CCNC(Cc1cc(F)ccc1F)CN(C)C. The molecule has 0 saturated carbocycles. The molecule has 17 heavy (non-hydrogen) atoms. The lowest BCUT2D eigenvalue weighted by Gasteiger charge is -2.22. The van der Waals surface area contributed by atoms with Gasteiger partial charge in [-0.1, -0.05) is 6.92 Å². The number of benzene rings is 1. The smallest absolute Gasteiger partial charge is 0.126 e. The summed E-state index contributed by atoms with van der Waals surface area (Å²) in [4.78, 5) is 2.03. The van der Waals surface area contributed by atoms with Gasteiger partial charge < -0.3 is 10.2 Å². The molecule has 0 amide bonds. The highest BCUT2D eigenvalue weighted by Gasteiger charge is 2.13. The van der Waals surface area contributed by atoms with Crippen LogP contribution in [-0.4, -0.2) is 38.1 Å². The number of hydrogen-bond acceptors (Lipinski definition) is 2. The first-order valence-electron chi connectivity index (χ1n) is 5.85. The fourth-order valence-corrected chi connectivity index (χ4v) is 1.90. The molecule has 0 aromatic heterocycles. The Morgan fingerprint density at radius 3 is 2.59 bits per heavy atom. The molecule has 1 atom stereocenters. The van der Waals surface area contributed by atoms with Gasteiger partial charge in [0.2, 0.25) is 0 Å². The van der Waals surface area contributed by atoms with Crippen LogP contribution in [0.4, 0.5) is 8.78 Å². The van der Waals surface area contributed by atoms with Gasteiger partial charge in [0, 0.05) is 12.6 Å². The first-order chi connectivity index (χ1) is 8.02. The van der Waals surface area contributed by atoms with Gasteiger partial charge in [-0.25, -0.2) is 8.78 Å². The third kappa shape index (κ3) is 4.79. The Morgan fingerprint density at radius 1 is 1.29 bits per heavy atom. The van der Waals surface area contributed by atoms with E-state index in [1.807, 2.05) is 25.9 Å². The maximum atomic E-state index is 13.5. The molecule has 0 bridgehead atoms. The molecule has 0 spiro atoms. The van der Waals surface area contributed by atoms with Crippen LogP contribution in [0.25, 0.3) is 0 Å². The number of rotatable bonds is 6. The molecule has 0 heterocycles. The van der Waals surface area contributed by atoms with Crippen molar-refractivity contribution in [3.63, 3.8) is 0 Å². The molecule has 1 aromatic carbocycles. The number of halogens is 2. The minimum absolute atomic E-state index is 0.131. The normalized spacial score (nSPS) is 13.1. The maximum absolute atomic E-state index is 13.5. The summed E-state index contributed by atoms with van der Waals surface area (Å²) in [7, 11) is 3.93. The summed E-state index contributed by atoms with van der Waals surface area (Å²) in [5.41, 5.74) is 0.429. The summed E-state index contributed by atoms with van der Waals surface area (Å²) in [5, 5.41) is 3.28. The molecule has 1 unspecified atom stereocenters. The van der Waals surface area contributed by atoms with Crippen LogP contribution < -0.4 is 5.32 Å². The van der Waals surface area contributed by atoms with Crippen LogP contribution >= 0.6 is 0 Å². The Kier molecular flexibility index (Phi) is 5.51. The van der Waals surface area contributed by atoms with Crippen molar-refractivity contribution in [3.05, 3.63) is 35.4 Å². The average molecular weight is 242 g/mol. The van der Waals surface area contributed by atoms with E-state index in [-0.39, 0.29) is 17.7 Å². The van der Waals surface area contributed by atoms with Crippen molar-refractivity contribution >= 4 is 0 Å². The van der Waals surface area contributed by atoms with Gasteiger partial charge >= 0.3 is 0 Å². The van der Waals surface area contributed by atoms with Crippen LogP contribution in [0, 0.1) is 11.6 Å². The molecule has 0 aliphatic rings. The van der Waals surface area contributed by atoms with Gasteiger partial charge in [0.25, 0.3) is 0 Å². The summed E-state index contributed by atoms with van der Waals surface area (Å²) in [5.74, 6) is -0.727. The van der Waals surface area contributed by atoms with Crippen molar-refractivity contribution in [2.24, 2.45) is 0 Å². The van der Waals surface area contributed by atoms with Gasteiger partial charge in [-0.05, 0) is 50.8 Å². The van der Waals surface area contributed by atoms with Crippen molar-refractivity contribution in [3.8, 4) is 0 Å². The van der Waals surface area contributed by atoms with Crippen LogP contribution in [0.3, 0.4) is 0 Å². The highest BCUT2D eigenvalue weighted by Crippen LogP contribution is 2.12. The van der Waals surface area contributed by atoms with Crippen molar-refractivity contribution in [2.45, 2.75) is 19.4 Å². The largest absolute Gasteiger partial charge is 0.313 e. The summed E-state index contributed by atoms with van der Waals surface area (Å²) in [6, 6.07) is 3.73. The van der Waals surface area contributed by atoms with E-state index in [0.29, 0.717) is 12.0 Å². The van der Waals surface area contributed by atoms with Gasteiger partial charge in [-0.2, -0.15) is 0 Å². The van der Waals surface area contributed by atoms with Gasteiger partial charge in [-0.15, -0.1) is 0 Å². The molecule has 4 heteroatoms. The van der Waals surface area contributed by atoms with Crippen LogP contribution in [0.2, 0.25) is 0 Å². The van der Waals surface area contributed by atoms with E-state index in [1.54, 1.807) is 0 Å². The Hall–Kier alpha value is -1.00. The minimum atomic E-state index is -0.387. The van der Waals surface area contributed by atoms with E-state index >= 15 is 0 Å². The fraction of sp³-hybridized carbons (Fsp3) is 0.538. The second kappa shape index (κ2) is 6.67. The molecule has 2 nitrogen and oxygen atoms in total. The topological polar surface area (TPSA) is 15.3 Å². The van der Waals surface area contributed by atoms with Gasteiger partial charge in [-0.3, -0.25) is 0 Å².